The lowest BCUT2D eigenvalue weighted by Crippen LogP contribution is -2.49. The molecule has 10 heteroatoms. The molecule has 1 aromatic heterocycles. The number of ether oxygens (including phenoxy) is 1. The Bertz CT molecular complexity index is 1180. The van der Waals surface area contributed by atoms with Crippen molar-refractivity contribution in [2.75, 3.05) is 37.6 Å². The number of benzene rings is 2. The second-order valence-electron chi connectivity index (χ2n) is 8.23. The van der Waals surface area contributed by atoms with Crippen LogP contribution in [0.25, 0.3) is 0 Å². The standard InChI is InChI=1S/C26H25F3N4O3/c27-26(28,29)22-9-5-4-8-21(22)24(34)33-16-14-32(15-17-33)20-10-11-23(31-18-20)36-25(35)30-13-12-19-6-2-1-3-7-19/h1-11,18H,12-17H2,(H,30,35). The van der Waals surface area contributed by atoms with Crippen LogP contribution in [0.1, 0.15) is 21.5 Å². The van der Waals surface area contributed by atoms with Gasteiger partial charge in [0.05, 0.1) is 23.0 Å². The van der Waals surface area contributed by atoms with E-state index in [9.17, 15) is 22.8 Å². The van der Waals surface area contributed by atoms with E-state index < -0.39 is 23.7 Å². The molecule has 0 saturated carbocycles. The zero-order chi connectivity index (χ0) is 25.5. The zero-order valence-corrected chi connectivity index (χ0v) is 19.4. The highest BCUT2D eigenvalue weighted by Gasteiger charge is 2.36. The molecule has 3 aromatic rings. The normalized spacial score (nSPS) is 13.9. The molecule has 1 aliphatic rings. The van der Waals surface area contributed by atoms with Crippen LogP contribution in [0.15, 0.2) is 72.9 Å². The number of alkyl halides is 3. The van der Waals surface area contributed by atoms with Crippen LogP contribution in [0.4, 0.5) is 23.7 Å². The summed E-state index contributed by atoms with van der Waals surface area (Å²) in [6, 6.07) is 17.9. The summed E-state index contributed by atoms with van der Waals surface area (Å²) in [4.78, 5) is 32.3. The van der Waals surface area contributed by atoms with Crippen LogP contribution in [0, 0.1) is 0 Å². The van der Waals surface area contributed by atoms with Gasteiger partial charge in [0.2, 0.25) is 5.88 Å². The van der Waals surface area contributed by atoms with E-state index >= 15 is 0 Å². The molecule has 0 radical (unpaired) electrons. The van der Waals surface area contributed by atoms with Crippen molar-refractivity contribution in [3.8, 4) is 5.88 Å². The third-order valence-corrected chi connectivity index (χ3v) is 5.84. The number of rotatable bonds is 6. The first kappa shape index (κ1) is 25.0. The highest BCUT2D eigenvalue weighted by Crippen LogP contribution is 2.32. The Morgan fingerprint density at radius 1 is 0.917 bits per heavy atom. The third kappa shape index (κ3) is 6.32. The first-order valence-electron chi connectivity index (χ1n) is 11.5. The summed E-state index contributed by atoms with van der Waals surface area (Å²) in [6.07, 6.45) is -2.96. The van der Waals surface area contributed by atoms with Crippen molar-refractivity contribution in [1.29, 1.82) is 0 Å². The minimum Gasteiger partial charge on any atom is -0.391 e. The van der Waals surface area contributed by atoms with Crippen molar-refractivity contribution >= 4 is 17.7 Å². The van der Waals surface area contributed by atoms with Gasteiger partial charge in [-0.1, -0.05) is 42.5 Å². The topological polar surface area (TPSA) is 74.8 Å². The molecular formula is C26H25F3N4O3. The second kappa shape index (κ2) is 11.1. The molecule has 7 nitrogen and oxygen atoms in total. The third-order valence-electron chi connectivity index (χ3n) is 5.84. The van der Waals surface area contributed by atoms with Gasteiger partial charge in [-0.2, -0.15) is 13.2 Å². The number of hydrogen-bond acceptors (Lipinski definition) is 5. The SMILES string of the molecule is O=C(NCCc1ccccc1)Oc1ccc(N2CCN(C(=O)c3ccccc3C(F)(F)F)CC2)cn1. The van der Waals surface area contributed by atoms with Crippen molar-refractivity contribution in [3.63, 3.8) is 0 Å². The van der Waals surface area contributed by atoms with Crippen molar-refractivity contribution in [3.05, 3.63) is 89.6 Å². The van der Waals surface area contributed by atoms with Gasteiger partial charge in [-0.15, -0.1) is 0 Å². The van der Waals surface area contributed by atoms with Gasteiger partial charge in [-0.05, 0) is 30.2 Å². The van der Waals surface area contributed by atoms with E-state index in [1.165, 1.54) is 23.1 Å². The van der Waals surface area contributed by atoms with E-state index in [0.717, 1.165) is 17.3 Å². The Balaban J connectivity index is 1.26. The van der Waals surface area contributed by atoms with Gasteiger partial charge in [0.1, 0.15) is 0 Å². The molecule has 1 fully saturated rings. The van der Waals surface area contributed by atoms with Crippen LogP contribution < -0.4 is 15.0 Å². The zero-order valence-electron chi connectivity index (χ0n) is 19.4. The van der Waals surface area contributed by atoms with E-state index in [4.69, 9.17) is 4.74 Å². The number of aromatic nitrogens is 1. The van der Waals surface area contributed by atoms with Gasteiger partial charge in [0, 0.05) is 38.8 Å². The molecule has 0 spiro atoms. The number of nitrogens with one attached hydrogen (secondary N) is 1. The lowest BCUT2D eigenvalue weighted by atomic mass is 10.1. The Labute approximate surface area is 206 Å². The smallest absolute Gasteiger partial charge is 0.391 e. The molecule has 2 aromatic carbocycles. The van der Waals surface area contributed by atoms with Crippen molar-refractivity contribution in [2.24, 2.45) is 0 Å². The number of pyridine rings is 1. The van der Waals surface area contributed by atoms with Gasteiger partial charge in [-0.25, -0.2) is 9.78 Å². The van der Waals surface area contributed by atoms with Gasteiger partial charge in [0.25, 0.3) is 5.91 Å². The molecular weight excluding hydrogens is 473 g/mol. The summed E-state index contributed by atoms with van der Waals surface area (Å²) in [5, 5.41) is 2.68. The fourth-order valence-corrected chi connectivity index (χ4v) is 3.96. The van der Waals surface area contributed by atoms with E-state index in [1.54, 1.807) is 18.3 Å². The van der Waals surface area contributed by atoms with Crippen molar-refractivity contribution < 1.29 is 27.5 Å². The van der Waals surface area contributed by atoms with Gasteiger partial charge in [0.15, 0.2) is 0 Å². The van der Waals surface area contributed by atoms with E-state index in [-0.39, 0.29) is 24.5 Å². The molecule has 36 heavy (non-hydrogen) atoms. The molecule has 2 heterocycles. The molecule has 0 unspecified atom stereocenters. The number of anilines is 1. The van der Waals surface area contributed by atoms with E-state index in [0.29, 0.717) is 26.1 Å². The number of amides is 2. The summed E-state index contributed by atoms with van der Waals surface area (Å²) in [7, 11) is 0. The Hall–Kier alpha value is -4.08. The van der Waals surface area contributed by atoms with Crippen molar-refractivity contribution in [1.82, 2.24) is 15.2 Å². The molecule has 1 saturated heterocycles. The van der Waals surface area contributed by atoms with Crippen LogP contribution >= 0.6 is 0 Å². The summed E-state index contributed by atoms with van der Waals surface area (Å²) < 4.78 is 45.1. The maximum absolute atomic E-state index is 13.3. The predicted molar refractivity (Wildman–Crippen MR) is 128 cm³/mol. The lowest BCUT2D eigenvalue weighted by Gasteiger charge is -2.36. The summed E-state index contributed by atoms with van der Waals surface area (Å²) in [6.45, 7) is 1.83. The number of piperazine rings is 1. The number of halogens is 3. The van der Waals surface area contributed by atoms with Gasteiger partial charge >= 0.3 is 12.3 Å². The Morgan fingerprint density at radius 3 is 2.28 bits per heavy atom. The fourth-order valence-electron chi connectivity index (χ4n) is 3.96. The van der Waals surface area contributed by atoms with Crippen LogP contribution in [0.5, 0.6) is 5.88 Å². The average Bonchev–Trinajstić information content (AvgIpc) is 2.89. The summed E-state index contributed by atoms with van der Waals surface area (Å²) >= 11 is 0. The molecule has 0 atom stereocenters. The second-order valence-corrected chi connectivity index (χ2v) is 8.23. The monoisotopic (exact) mass is 498 g/mol. The van der Waals surface area contributed by atoms with E-state index in [2.05, 4.69) is 10.3 Å². The van der Waals surface area contributed by atoms with Gasteiger partial charge < -0.3 is 19.9 Å². The molecule has 4 rings (SSSR count). The minimum atomic E-state index is -4.59. The quantitative estimate of drug-likeness (QED) is 0.546. The number of nitrogens with zero attached hydrogens (tertiary/aromatic N) is 3. The fraction of sp³-hybridized carbons (Fsp3) is 0.269. The maximum Gasteiger partial charge on any atom is 0.417 e. The van der Waals surface area contributed by atoms with Crippen LogP contribution in [0.2, 0.25) is 0 Å². The van der Waals surface area contributed by atoms with Crippen LogP contribution in [-0.2, 0) is 12.6 Å². The van der Waals surface area contributed by atoms with Crippen molar-refractivity contribution in [2.45, 2.75) is 12.6 Å². The van der Waals surface area contributed by atoms with Gasteiger partial charge in [-0.3, -0.25) is 4.79 Å². The minimum absolute atomic E-state index is 0.147. The summed E-state index contributed by atoms with van der Waals surface area (Å²) in [5.74, 6) is -0.490. The predicted octanol–water partition coefficient (Wildman–Crippen LogP) is 4.39. The number of hydrogen-bond donors (Lipinski definition) is 1. The maximum atomic E-state index is 13.3. The molecule has 1 aliphatic heterocycles. The average molecular weight is 499 g/mol. The molecule has 0 aliphatic carbocycles. The first-order valence-corrected chi connectivity index (χ1v) is 11.5. The Kier molecular flexibility index (Phi) is 7.72. The molecule has 188 valence electrons. The first-order chi connectivity index (χ1) is 17.3. The molecule has 0 bridgehead atoms. The van der Waals surface area contributed by atoms with Crippen LogP contribution in [-0.4, -0.2) is 54.6 Å². The molecule has 1 N–H and O–H groups in total. The highest BCUT2D eigenvalue weighted by atomic mass is 19.4. The number of carbonyl (C=O) groups is 2. The van der Waals surface area contributed by atoms with Crippen LogP contribution in [0.3, 0.4) is 0 Å². The number of carbonyl (C=O) groups excluding carboxylic acids is 2. The lowest BCUT2D eigenvalue weighted by molar-refractivity contribution is -0.138. The largest absolute Gasteiger partial charge is 0.417 e. The highest BCUT2D eigenvalue weighted by molar-refractivity contribution is 5.96. The molecule has 2 amide bonds. The van der Waals surface area contributed by atoms with E-state index in [1.807, 2.05) is 35.2 Å². The summed E-state index contributed by atoms with van der Waals surface area (Å²) in [5.41, 5.74) is 0.589. The Morgan fingerprint density at radius 2 is 1.61 bits per heavy atom.